The molecule has 0 aromatic heterocycles. The number of nitrogens with zero attached hydrogens (tertiary/aromatic N) is 1. The summed E-state index contributed by atoms with van der Waals surface area (Å²) in [5.41, 5.74) is 0. The molecular weight excluding hydrogens is 234 g/mol. The summed E-state index contributed by atoms with van der Waals surface area (Å²) >= 11 is 0. The van der Waals surface area contributed by atoms with Gasteiger partial charge in [0.1, 0.15) is 0 Å². The lowest BCUT2D eigenvalue weighted by atomic mass is 9.90. The van der Waals surface area contributed by atoms with Crippen LogP contribution in [-0.2, 0) is 9.59 Å². The van der Waals surface area contributed by atoms with Crippen molar-refractivity contribution in [2.45, 2.75) is 44.6 Å². The first-order valence-electron chi connectivity index (χ1n) is 6.77. The van der Waals surface area contributed by atoms with E-state index in [4.69, 9.17) is 10.2 Å². The fourth-order valence-electron chi connectivity index (χ4n) is 2.94. The van der Waals surface area contributed by atoms with Gasteiger partial charge in [-0.05, 0) is 38.5 Å². The molecule has 18 heavy (non-hydrogen) atoms. The number of hydrogen-bond donors (Lipinski definition) is 2. The van der Waals surface area contributed by atoms with Crippen LogP contribution in [0.1, 0.15) is 38.5 Å². The number of aliphatic hydroxyl groups is 1. The molecule has 0 heterocycles. The fourth-order valence-corrected chi connectivity index (χ4v) is 2.94. The second-order valence-electron chi connectivity index (χ2n) is 5.39. The summed E-state index contributed by atoms with van der Waals surface area (Å²) in [6, 6.07) is 0.272. The van der Waals surface area contributed by atoms with Crippen LogP contribution in [0.2, 0.25) is 0 Å². The number of carbonyl (C=O) groups excluding carboxylic acids is 1. The molecule has 2 fully saturated rings. The smallest absolute Gasteiger partial charge is 0.306 e. The van der Waals surface area contributed by atoms with E-state index in [1.54, 1.807) is 4.90 Å². The highest BCUT2D eigenvalue weighted by Crippen LogP contribution is 2.34. The lowest BCUT2D eigenvalue weighted by molar-refractivity contribution is -0.142. The average Bonchev–Trinajstić information content (AvgIpc) is 2.74. The first-order chi connectivity index (χ1) is 8.63. The Morgan fingerprint density at radius 3 is 2.22 bits per heavy atom. The van der Waals surface area contributed by atoms with Crippen molar-refractivity contribution in [3.8, 4) is 0 Å². The third-order valence-corrected chi connectivity index (χ3v) is 4.27. The summed E-state index contributed by atoms with van der Waals surface area (Å²) in [5, 5.41) is 18.0. The molecule has 0 saturated heterocycles. The van der Waals surface area contributed by atoms with E-state index in [-0.39, 0.29) is 30.4 Å². The van der Waals surface area contributed by atoms with Crippen LogP contribution < -0.4 is 0 Å². The normalized spacial score (nSPS) is 27.8. The van der Waals surface area contributed by atoms with E-state index in [9.17, 15) is 9.59 Å². The van der Waals surface area contributed by atoms with E-state index < -0.39 is 5.97 Å². The minimum Gasteiger partial charge on any atom is -0.481 e. The molecule has 2 N–H and O–H groups in total. The van der Waals surface area contributed by atoms with Crippen LogP contribution in [0.25, 0.3) is 0 Å². The quantitative estimate of drug-likeness (QED) is 0.764. The van der Waals surface area contributed by atoms with Crippen LogP contribution in [0.4, 0.5) is 0 Å². The van der Waals surface area contributed by atoms with Crippen LogP contribution in [0.5, 0.6) is 0 Å². The van der Waals surface area contributed by atoms with Crippen LogP contribution in [0.15, 0.2) is 0 Å². The number of carboxylic acids is 1. The topological polar surface area (TPSA) is 77.8 Å². The number of aliphatic hydroxyl groups excluding tert-OH is 1. The van der Waals surface area contributed by atoms with E-state index in [0.717, 1.165) is 19.3 Å². The van der Waals surface area contributed by atoms with Gasteiger partial charge in [0.15, 0.2) is 0 Å². The van der Waals surface area contributed by atoms with Crippen LogP contribution in [0, 0.1) is 11.8 Å². The molecular formula is C13H21NO4. The summed E-state index contributed by atoms with van der Waals surface area (Å²) < 4.78 is 0. The molecule has 2 aliphatic rings. The highest BCUT2D eigenvalue weighted by molar-refractivity contribution is 5.81. The fraction of sp³-hybridized carbons (Fsp3) is 0.846. The Morgan fingerprint density at radius 1 is 1.11 bits per heavy atom. The molecule has 2 saturated carbocycles. The molecule has 0 spiro atoms. The summed E-state index contributed by atoms with van der Waals surface area (Å²) in [4.78, 5) is 25.0. The van der Waals surface area contributed by atoms with Crippen molar-refractivity contribution in [1.82, 2.24) is 4.90 Å². The van der Waals surface area contributed by atoms with Crippen LogP contribution in [-0.4, -0.2) is 46.2 Å². The Balaban J connectivity index is 1.94. The van der Waals surface area contributed by atoms with Crippen molar-refractivity contribution in [2.24, 2.45) is 11.8 Å². The number of rotatable bonds is 5. The minimum atomic E-state index is -0.789. The zero-order valence-electron chi connectivity index (χ0n) is 10.5. The van der Waals surface area contributed by atoms with Crippen molar-refractivity contribution in [3.05, 3.63) is 0 Å². The monoisotopic (exact) mass is 255 g/mol. The van der Waals surface area contributed by atoms with Gasteiger partial charge in [-0.1, -0.05) is 0 Å². The van der Waals surface area contributed by atoms with Gasteiger partial charge in [0.2, 0.25) is 5.91 Å². The molecule has 0 aliphatic heterocycles. The van der Waals surface area contributed by atoms with Crippen LogP contribution in [0.3, 0.4) is 0 Å². The van der Waals surface area contributed by atoms with Crippen LogP contribution >= 0.6 is 0 Å². The van der Waals surface area contributed by atoms with Gasteiger partial charge in [-0.2, -0.15) is 0 Å². The van der Waals surface area contributed by atoms with E-state index in [2.05, 4.69) is 0 Å². The van der Waals surface area contributed by atoms with Crippen molar-refractivity contribution in [1.29, 1.82) is 0 Å². The zero-order chi connectivity index (χ0) is 13.1. The summed E-state index contributed by atoms with van der Waals surface area (Å²) in [6.07, 6.45) is 4.90. The van der Waals surface area contributed by atoms with E-state index in [0.29, 0.717) is 25.8 Å². The molecule has 5 heteroatoms. The number of carboxylic acid groups (broad SMARTS) is 1. The summed E-state index contributed by atoms with van der Waals surface area (Å²) in [7, 11) is 0. The van der Waals surface area contributed by atoms with E-state index in [1.165, 1.54) is 0 Å². The third-order valence-electron chi connectivity index (χ3n) is 4.27. The molecule has 2 aliphatic carbocycles. The standard InChI is InChI=1S/C13H21NO4/c15-7-6-14(11-2-1-3-11)12(16)9-4-5-10(8-9)13(17)18/h9-11,15H,1-8H2,(H,17,18). The lowest BCUT2D eigenvalue weighted by Crippen LogP contribution is -2.47. The van der Waals surface area contributed by atoms with Crippen molar-refractivity contribution in [3.63, 3.8) is 0 Å². The van der Waals surface area contributed by atoms with Crippen molar-refractivity contribution >= 4 is 11.9 Å². The third kappa shape index (κ3) is 2.66. The largest absolute Gasteiger partial charge is 0.481 e. The van der Waals surface area contributed by atoms with Gasteiger partial charge >= 0.3 is 5.97 Å². The van der Waals surface area contributed by atoms with E-state index >= 15 is 0 Å². The second-order valence-corrected chi connectivity index (χ2v) is 5.39. The Hall–Kier alpha value is -1.10. The van der Waals surface area contributed by atoms with Gasteiger partial charge < -0.3 is 15.1 Å². The molecule has 0 aromatic carbocycles. The zero-order valence-corrected chi connectivity index (χ0v) is 10.5. The molecule has 102 valence electrons. The molecule has 2 rings (SSSR count). The Labute approximate surface area is 107 Å². The molecule has 2 unspecified atom stereocenters. The van der Waals surface area contributed by atoms with Gasteiger partial charge in [0.05, 0.1) is 12.5 Å². The molecule has 0 radical (unpaired) electrons. The van der Waals surface area contributed by atoms with E-state index in [1.807, 2.05) is 0 Å². The maximum Gasteiger partial charge on any atom is 0.306 e. The van der Waals surface area contributed by atoms with Crippen molar-refractivity contribution < 1.29 is 19.8 Å². The number of amides is 1. The molecule has 0 bridgehead atoms. The molecule has 2 atom stereocenters. The molecule has 1 amide bonds. The average molecular weight is 255 g/mol. The summed E-state index contributed by atoms with van der Waals surface area (Å²) in [5.74, 6) is -1.25. The van der Waals surface area contributed by atoms with Gasteiger partial charge in [-0.3, -0.25) is 9.59 Å². The molecule has 5 nitrogen and oxygen atoms in total. The number of aliphatic carboxylic acids is 1. The Bertz CT molecular complexity index is 327. The van der Waals surface area contributed by atoms with Gasteiger partial charge in [-0.15, -0.1) is 0 Å². The number of carbonyl (C=O) groups is 2. The maximum absolute atomic E-state index is 12.4. The molecule has 0 aromatic rings. The maximum atomic E-state index is 12.4. The Kier molecular flexibility index (Phi) is 4.22. The van der Waals surface area contributed by atoms with Crippen molar-refractivity contribution in [2.75, 3.05) is 13.2 Å². The number of hydrogen-bond acceptors (Lipinski definition) is 3. The predicted molar refractivity (Wildman–Crippen MR) is 64.9 cm³/mol. The highest BCUT2D eigenvalue weighted by atomic mass is 16.4. The SMILES string of the molecule is O=C(O)C1CCC(C(=O)N(CCO)C2CCC2)C1. The second kappa shape index (κ2) is 5.69. The lowest BCUT2D eigenvalue weighted by Gasteiger charge is -2.38. The predicted octanol–water partition coefficient (Wildman–Crippen LogP) is 0.861. The Morgan fingerprint density at radius 2 is 1.78 bits per heavy atom. The summed E-state index contributed by atoms with van der Waals surface area (Å²) in [6.45, 7) is 0.370. The first kappa shape index (κ1) is 13.3. The van der Waals surface area contributed by atoms with Gasteiger partial charge in [0, 0.05) is 18.5 Å². The highest BCUT2D eigenvalue weighted by Gasteiger charge is 2.38. The minimum absolute atomic E-state index is 0.0165. The first-order valence-corrected chi connectivity index (χ1v) is 6.77. The van der Waals surface area contributed by atoms with Gasteiger partial charge in [0.25, 0.3) is 0 Å². The van der Waals surface area contributed by atoms with Gasteiger partial charge in [-0.25, -0.2) is 0 Å².